The highest BCUT2D eigenvalue weighted by atomic mass is 32.1. The van der Waals surface area contributed by atoms with Gasteiger partial charge in [0.15, 0.2) is 0 Å². The van der Waals surface area contributed by atoms with Crippen molar-refractivity contribution in [2.24, 2.45) is 0 Å². The second-order valence-electron chi connectivity index (χ2n) is 3.69. The lowest BCUT2D eigenvalue weighted by Crippen LogP contribution is -2.00. The van der Waals surface area contributed by atoms with Gasteiger partial charge in [0, 0.05) is 17.6 Å². The van der Waals surface area contributed by atoms with Gasteiger partial charge in [-0.15, -0.1) is 0 Å². The van der Waals surface area contributed by atoms with Gasteiger partial charge in [-0.25, -0.2) is 0 Å². The molecule has 1 heterocycles. The molecule has 0 aromatic carbocycles. The van der Waals surface area contributed by atoms with Crippen LogP contribution in [0.15, 0.2) is 24.5 Å². The third-order valence-corrected chi connectivity index (χ3v) is 2.92. The van der Waals surface area contributed by atoms with Crippen molar-refractivity contribution >= 4 is 12.6 Å². The summed E-state index contributed by atoms with van der Waals surface area (Å²) in [4.78, 5) is 4.00. The molecule has 0 bridgehead atoms. The zero-order valence-corrected chi connectivity index (χ0v) is 9.71. The molecular formula is C12H19NS. The maximum absolute atomic E-state index is 4.58. The van der Waals surface area contributed by atoms with E-state index in [0.717, 1.165) is 6.42 Å². The lowest BCUT2D eigenvalue weighted by molar-refractivity contribution is 0.649. The molecule has 0 N–H and O–H groups in total. The summed E-state index contributed by atoms with van der Waals surface area (Å²) in [6.07, 6.45) is 9.82. The molecule has 0 aliphatic rings. The average Bonchev–Trinajstić information content (AvgIpc) is 2.25. The number of aromatic nitrogens is 1. The Morgan fingerprint density at radius 1 is 1.29 bits per heavy atom. The summed E-state index contributed by atoms with van der Waals surface area (Å²) >= 11 is 4.58. The van der Waals surface area contributed by atoms with E-state index in [-0.39, 0.29) is 0 Å². The Balaban J connectivity index is 2.20. The van der Waals surface area contributed by atoms with Crippen molar-refractivity contribution in [3.05, 3.63) is 30.1 Å². The van der Waals surface area contributed by atoms with Crippen LogP contribution in [0.2, 0.25) is 0 Å². The van der Waals surface area contributed by atoms with Crippen molar-refractivity contribution in [2.75, 3.05) is 0 Å². The van der Waals surface area contributed by atoms with Crippen molar-refractivity contribution in [3.8, 4) is 0 Å². The molecule has 78 valence electrons. The van der Waals surface area contributed by atoms with E-state index in [2.05, 4.69) is 36.7 Å². The van der Waals surface area contributed by atoms with Crippen LogP contribution in [-0.4, -0.2) is 10.2 Å². The molecule has 0 aliphatic carbocycles. The van der Waals surface area contributed by atoms with Gasteiger partial charge in [0.2, 0.25) is 0 Å². The van der Waals surface area contributed by atoms with Crippen molar-refractivity contribution in [1.82, 2.24) is 4.98 Å². The van der Waals surface area contributed by atoms with Gasteiger partial charge in [0.25, 0.3) is 0 Å². The third kappa shape index (κ3) is 4.66. The Labute approximate surface area is 92.4 Å². The molecular weight excluding hydrogens is 190 g/mol. The smallest absolute Gasteiger partial charge is 0.0270 e. The first-order chi connectivity index (χ1) is 6.83. The van der Waals surface area contributed by atoms with Gasteiger partial charge in [-0.3, -0.25) is 4.98 Å². The third-order valence-electron chi connectivity index (χ3n) is 2.41. The summed E-state index contributed by atoms with van der Waals surface area (Å²) in [5, 5.41) is 0.558. The largest absolute Gasteiger partial charge is 0.265 e. The van der Waals surface area contributed by atoms with Crippen LogP contribution < -0.4 is 0 Å². The van der Waals surface area contributed by atoms with Gasteiger partial charge >= 0.3 is 0 Å². The molecule has 1 aromatic heterocycles. The number of pyridine rings is 1. The SMILES string of the molecule is CCCC[C@@H](S)CCc1ccncc1. The number of hydrogen-bond donors (Lipinski definition) is 1. The molecule has 1 atom stereocenters. The molecule has 14 heavy (non-hydrogen) atoms. The van der Waals surface area contributed by atoms with Crippen molar-refractivity contribution in [3.63, 3.8) is 0 Å². The molecule has 0 saturated heterocycles. The highest BCUT2D eigenvalue weighted by Gasteiger charge is 2.02. The predicted molar refractivity (Wildman–Crippen MR) is 64.9 cm³/mol. The zero-order chi connectivity index (χ0) is 10.2. The fourth-order valence-electron chi connectivity index (χ4n) is 1.47. The van der Waals surface area contributed by atoms with Crippen molar-refractivity contribution < 1.29 is 0 Å². The molecule has 0 aliphatic heterocycles. The predicted octanol–water partition coefficient (Wildman–Crippen LogP) is 3.50. The van der Waals surface area contributed by atoms with Crippen molar-refractivity contribution in [1.29, 1.82) is 0 Å². The Morgan fingerprint density at radius 3 is 2.64 bits per heavy atom. The first kappa shape index (κ1) is 11.6. The molecule has 2 heteroatoms. The van der Waals surface area contributed by atoms with Gasteiger partial charge in [0.1, 0.15) is 0 Å². The molecule has 0 unspecified atom stereocenters. The summed E-state index contributed by atoms with van der Waals surface area (Å²) < 4.78 is 0. The minimum Gasteiger partial charge on any atom is -0.265 e. The summed E-state index contributed by atoms with van der Waals surface area (Å²) in [7, 11) is 0. The van der Waals surface area contributed by atoms with Gasteiger partial charge in [-0.1, -0.05) is 19.8 Å². The van der Waals surface area contributed by atoms with Crippen LogP contribution in [0.3, 0.4) is 0 Å². The van der Waals surface area contributed by atoms with Crippen LogP contribution in [0.1, 0.15) is 38.2 Å². The van der Waals surface area contributed by atoms with E-state index >= 15 is 0 Å². The van der Waals surface area contributed by atoms with Gasteiger partial charge in [0.05, 0.1) is 0 Å². The molecule has 0 amide bonds. The number of thiol groups is 1. The monoisotopic (exact) mass is 209 g/mol. The van der Waals surface area contributed by atoms with Crippen LogP contribution in [0.5, 0.6) is 0 Å². The highest BCUT2D eigenvalue weighted by molar-refractivity contribution is 7.80. The number of hydrogen-bond acceptors (Lipinski definition) is 2. The van der Waals surface area contributed by atoms with Crippen molar-refractivity contribution in [2.45, 2.75) is 44.3 Å². The quantitative estimate of drug-likeness (QED) is 0.707. The minimum absolute atomic E-state index is 0.558. The van der Waals surface area contributed by atoms with E-state index in [1.54, 1.807) is 0 Å². The van der Waals surface area contributed by atoms with Gasteiger partial charge < -0.3 is 0 Å². The van der Waals surface area contributed by atoms with Gasteiger partial charge in [-0.2, -0.15) is 12.6 Å². The highest BCUT2D eigenvalue weighted by Crippen LogP contribution is 2.14. The van der Waals surface area contributed by atoms with E-state index in [9.17, 15) is 0 Å². The number of unbranched alkanes of at least 4 members (excludes halogenated alkanes) is 1. The molecule has 1 rings (SSSR count). The van der Waals surface area contributed by atoms with Crippen LogP contribution in [0, 0.1) is 0 Å². The first-order valence-electron chi connectivity index (χ1n) is 5.40. The Kier molecular flexibility index (Phi) is 5.69. The topological polar surface area (TPSA) is 12.9 Å². The lowest BCUT2D eigenvalue weighted by Gasteiger charge is -2.09. The van der Waals surface area contributed by atoms with E-state index in [1.165, 1.54) is 31.2 Å². The van der Waals surface area contributed by atoms with Crippen LogP contribution in [0.25, 0.3) is 0 Å². The molecule has 0 radical (unpaired) electrons. The van der Waals surface area contributed by atoms with Crippen LogP contribution in [0.4, 0.5) is 0 Å². The molecule has 1 aromatic rings. The summed E-state index contributed by atoms with van der Waals surface area (Å²) in [5.74, 6) is 0. The van der Waals surface area contributed by atoms with E-state index in [4.69, 9.17) is 0 Å². The van der Waals surface area contributed by atoms with E-state index < -0.39 is 0 Å². The molecule has 0 saturated carbocycles. The first-order valence-corrected chi connectivity index (χ1v) is 5.91. The standard InChI is InChI=1S/C12H19NS/c1-2-3-4-12(14)6-5-11-7-9-13-10-8-11/h7-10,12,14H,2-6H2,1H3/t12-/m1/s1. The summed E-state index contributed by atoms with van der Waals surface area (Å²) in [6.45, 7) is 2.23. The summed E-state index contributed by atoms with van der Waals surface area (Å²) in [6, 6.07) is 4.17. The molecule has 0 fully saturated rings. The average molecular weight is 209 g/mol. The zero-order valence-electron chi connectivity index (χ0n) is 8.82. The maximum Gasteiger partial charge on any atom is 0.0270 e. The fourth-order valence-corrected chi connectivity index (χ4v) is 1.78. The minimum atomic E-state index is 0.558. The van der Waals surface area contributed by atoms with E-state index in [0.29, 0.717) is 5.25 Å². The van der Waals surface area contributed by atoms with Crippen LogP contribution in [-0.2, 0) is 6.42 Å². The Hall–Kier alpha value is -0.500. The Bertz CT molecular complexity index is 235. The fraction of sp³-hybridized carbons (Fsp3) is 0.583. The van der Waals surface area contributed by atoms with E-state index in [1.807, 2.05) is 12.4 Å². The molecule has 1 nitrogen and oxygen atoms in total. The van der Waals surface area contributed by atoms with Crippen LogP contribution >= 0.6 is 12.6 Å². The number of rotatable bonds is 6. The lowest BCUT2D eigenvalue weighted by atomic mass is 10.1. The van der Waals surface area contributed by atoms with Gasteiger partial charge in [-0.05, 0) is 37.0 Å². The summed E-state index contributed by atoms with van der Waals surface area (Å²) in [5.41, 5.74) is 1.37. The second kappa shape index (κ2) is 6.88. The number of nitrogens with zero attached hydrogens (tertiary/aromatic N) is 1. The Morgan fingerprint density at radius 2 is 2.00 bits per heavy atom. The maximum atomic E-state index is 4.58. The normalized spacial score (nSPS) is 12.7. The number of aryl methyl sites for hydroxylation is 1. The molecule has 0 spiro atoms. The second-order valence-corrected chi connectivity index (χ2v) is 4.42.